The predicted molar refractivity (Wildman–Crippen MR) is 122 cm³/mol. The Bertz CT molecular complexity index is 1130. The molecule has 3 aromatic rings. The van der Waals surface area contributed by atoms with Gasteiger partial charge in [0, 0.05) is 24.5 Å². The van der Waals surface area contributed by atoms with E-state index in [-0.39, 0.29) is 24.2 Å². The number of aryl methyl sites for hydroxylation is 1. The molecule has 2 aromatic heterocycles. The summed E-state index contributed by atoms with van der Waals surface area (Å²) < 4.78 is 7.24. The molecule has 7 heteroatoms. The third kappa shape index (κ3) is 4.42. The van der Waals surface area contributed by atoms with Gasteiger partial charge in [0.2, 0.25) is 0 Å². The number of fused-ring (bicyclic) bond motifs is 1. The van der Waals surface area contributed by atoms with E-state index in [4.69, 9.17) is 9.72 Å². The second-order valence-corrected chi connectivity index (χ2v) is 9.01. The van der Waals surface area contributed by atoms with Gasteiger partial charge in [-0.05, 0) is 51.3 Å². The van der Waals surface area contributed by atoms with Gasteiger partial charge in [-0.1, -0.05) is 36.4 Å². The minimum absolute atomic E-state index is 0.0750. The molecule has 4 rings (SSSR count). The fourth-order valence-corrected chi connectivity index (χ4v) is 4.07. The molecule has 0 bridgehead atoms. The molecule has 0 spiro atoms. The molecular weight excluding hydrogens is 404 g/mol. The third-order valence-corrected chi connectivity index (χ3v) is 5.47. The first kappa shape index (κ1) is 21.7. The zero-order valence-electron chi connectivity index (χ0n) is 18.9. The molecule has 32 heavy (non-hydrogen) atoms. The lowest BCUT2D eigenvalue weighted by atomic mass is 9.98. The van der Waals surface area contributed by atoms with Gasteiger partial charge in [0.1, 0.15) is 11.4 Å². The molecule has 0 aliphatic carbocycles. The summed E-state index contributed by atoms with van der Waals surface area (Å²) in [6.07, 6.45) is 3.56. The van der Waals surface area contributed by atoms with Crippen molar-refractivity contribution < 1.29 is 9.53 Å². The smallest absolute Gasteiger partial charge is 0.410 e. The summed E-state index contributed by atoms with van der Waals surface area (Å²) >= 11 is 0. The lowest BCUT2D eigenvalue weighted by Gasteiger charge is -2.31. The maximum atomic E-state index is 13.7. The van der Waals surface area contributed by atoms with Gasteiger partial charge in [-0.2, -0.15) is 0 Å². The van der Waals surface area contributed by atoms with Gasteiger partial charge in [-0.15, -0.1) is 0 Å². The van der Waals surface area contributed by atoms with Crippen LogP contribution in [0.5, 0.6) is 0 Å². The van der Waals surface area contributed by atoms with Crippen molar-refractivity contribution >= 4 is 6.09 Å². The van der Waals surface area contributed by atoms with Crippen molar-refractivity contribution in [2.75, 3.05) is 6.54 Å². The Morgan fingerprint density at radius 2 is 1.81 bits per heavy atom. The van der Waals surface area contributed by atoms with Gasteiger partial charge in [-0.25, -0.2) is 9.78 Å². The van der Waals surface area contributed by atoms with E-state index < -0.39 is 5.60 Å². The molecule has 1 amide bonds. The predicted octanol–water partition coefficient (Wildman–Crippen LogP) is 3.88. The van der Waals surface area contributed by atoms with Crippen molar-refractivity contribution in [3.05, 3.63) is 93.4 Å². The van der Waals surface area contributed by atoms with Crippen molar-refractivity contribution in [1.29, 1.82) is 0 Å². The highest BCUT2D eigenvalue weighted by atomic mass is 16.6. The number of aromatic nitrogens is 3. The van der Waals surface area contributed by atoms with Gasteiger partial charge < -0.3 is 9.64 Å². The molecule has 0 N–H and O–H groups in total. The molecule has 0 saturated carbocycles. The van der Waals surface area contributed by atoms with E-state index >= 15 is 0 Å². The highest BCUT2D eigenvalue weighted by Crippen LogP contribution is 2.27. The van der Waals surface area contributed by atoms with Crippen LogP contribution >= 0.6 is 0 Å². The number of ether oxygens (including phenoxy) is 1. The van der Waals surface area contributed by atoms with Crippen LogP contribution in [0.3, 0.4) is 0 Å². The number of hydrogen-bond donors (Lipinski definition) is 0. The lowest BCUT2D eigenvalue weighted by Crippen LogP contribution is -2.43. The molecule has 7 nitrogen and oxygen atoms in total. The normalized spacial score (nSPS) is 14.6. The Labute approximate surface area is 187 Å². The highest BCUT2D eigenvalue weighted by Gasteiger charge is 2.30. The average Bonchev–Trinajstić information content (AvgIpc) is 2.76. The van der Waals surface area contributed by atoms with Crippen LogP contribution in [-0.2, 0) is 17.7 Å². The number of nitrogens with zero attached hydrogens (tertiary/aromatic N) is 4. The Kier molecular flexibility index (Phi) is 5.82. The van der Waals surface area contributed by atoms with Crippen LogP contribution in [0.15, 0.2) is 59.7 Å². The minimum Gasteiger partial charge on any atom is -0.444 e. The van der Waals surface area contributed by atoms with Crippen LogP contribution in [0.25, 0.3) is 0 Å². The van der Waals surface area contributed by atoms with E-state index in [1.807, 2.05) is 70.2 Å². The summed E-state index contributed by atoms with van der Waals surface area (Å²) in [5, 5.41) is 0. The lowest BCUT2D eigenvalue weighted by molar-refractivity contribution is 0.0219. The molecule has 1 aromatic carbocycles. The maximum absolute atomic E-state index is 13.7. The van der Waals surface area contributed by atoms with Crippen LogP contribution in [-0.4, -0.2) is 37.7 Å². The maximum Gasteiger partial charge on any atom is 0.410 e. The van der Waals surface area contributed by atoms with Crippen molar-refractivity contribution in [2.24, 2.45) is 0 Å². The number of carbonyl (C=O) groups excluding carboxylic acids is 1. The van der Waals surface area contributed by atoms with E-state index in [0.29, 0.717) is 30.0 Å². The molecule has 3 heterocycles. The van der Waals surface area contributed by atoms with Crippen LogP contribution in [0, 0.1) is 6.92 Å². The van der Waals surface area contributed by atoms with Crippen molar-refractivity contribution in [3.8, 4) is 0 Å². The topological polar surface area (TPSA) is 77.3 Å². The number of pyridine rings is 1. The zero-order valence-corrected chi connectivity index (χ0v) is 18.9. The van der Waals surface area contributed by atoms with E-state index in [1.165, 1.54) is 0 Å². The quantitative estimate of drug-likeness (QED) is 0.628. The van der Waals surface area contributed by atoms with Crippen LogP contribution in [0.1, 0.15) is 55.0 Å². The van der Waals surface area contributed by atoms with E-state index in [9.17, 15) is 9.59 Å². The van der Waals surface area contributed by atoms with Gasteiger partial charge in [0.25, 0.3) is 5.56 Å². The highest BCUT2D eigenvalue weighted by molar-refractivity contribution is 5.68. The Hall–Kier alpha value is -3.48. The monoisotopic (exact) mass is 432 g/mol. The zero-order chi connectivity index (χ0) is 22.9. The standard InChI is InChI=1S/C25H28N4O3/c1-17-27-21-16-28(24(31)32-25(2,3)4)14-12-20(21)23(30)29(17)22(18-9-6-5-7-10-18)19-11-8-13-26-15-19/h5-11,13,15,22H,12,14,16H2,1-4H3. The average molecular weight is 433 g/mol. The number of benzene rings is 1. The molecule has 166 valence electrons. The Morgan fingerprint density at radius 3 is 2.47 bits per heavy atom. The third-order valence-electron chi connectivity index (χ3n) is 5.47. The first-order valence-corrected chi connectivity index (χ1v) is 10.8. The number of hydrogen-bond acceptors (Lipinski definition) is 5. The second-order valence-electron chi connectivity index (χ2n) is 9.01. The fraction of sp³-hybridized carbons (Fsp3) is 0.360. The van der Waals surface area contributed by atoms with Crippen LogP contribution in [0.2, 0.25) is 0 Å². The summed E-state index contributed by atoms with van der Waals surface area (Å²) in [6.45, 7) is 8.04. The molecule has 1 aliphatic heterocycles. The minimum atomic E-state index is -0.573. The summed E-state index contributed by atoms with van der Waals surface area (Å²) in [4.78, 5) is 36.9. The van der Waals surface area contributed by atoms with Crippen LogP contribution < -0.4 is 5.56 Å². The second kappa shape index (κ2) is 8.57. The van der Waals surface area contributed by atoms with E-state index in [2.05, 4.69) is 4.98 Å². The SMILES string of the molecule is Cc1nc2c(c(=O)n1C(c1ccccc1)c1cccnc1)CCN(C(=O)OC(C)(C)C)C2. The summed E-state index contributed by atoms with van der Waals surface area (Å²) in [7, 11) is 0. The van der Waals surface area contributed by atoms with Crippen molar-refractivity contribution in [1.82, 2.24) is 19.4 Å². The number of rotatable bonds is 3. The van der Waals surface area contributed by atoms with Gasteiger partial charge in [-0.3, -0.25) is 14.3 Å². The molecule has 1 unspecified atom stereocenters. The van der Waals surface area contributed by atoms with Gasteiger partial charge >= 0.3 is 6.09 Å². The number of amides is 1. The molecule has 0 radical (unpaired) electrons. The number of carbonyl (C=O) groups is 1. The van der Waals surface area contributed by atoms with Crippen molar-refractivity contribution in [2.45, 2.75) is 52.3 Å². The molecule has 0 fully saturated rings. The van der Waals surface area contributed by atoms with Crippen LogP contribution in [0.4, 0.5) is 4.79 Å². The summed E-state index contributed by atoms with van der Waals surface area (Å²) in [6, 6.07) is 13.4. The summed E-state index contributed by atoms with van der Waals surface area (Å²) in [5.41, 5.74) is 2.54. The first-order chi connectivity index (χ1) is 15.2. The molecule has 1 aliphatic rings. The first-order valence-electron chi connectivity index (χ1n) is 10.8. The van der Waals surface area contributed by atoms with Gasteiger partial charge in [0.05, 0.1) is 18.3 Å². The fourth-order valence-electron chi connectivity index (χ4n) is 4.07. The summed E-state index contributed by atoms with van der Waals surface area (Å²) in [5.74, 6) is 0.595. The van der Waals surface area contributed by atoms with E-state index in [1.54, 1.807) is 21.9 Å². The molecular formula is C25H28N4O3. The Morgan fingerprint density at radius 1 is 1.09 bits per heavy atom. The Balaban J connectivity index is 1.76. The van der Waals surface area contributed by atoms with Crippen molar-refractivity contribution in [3.63, 3.8) is 0 Å². The molecule has 0 saturated heterocycles. The van der Waals surface area contributed by atoms with E-state index in [0.717, 1.165) is 11.1 Å². The molecule has 1 atom stereocenters. The largest absolute Gasteiger partial charge is 0.444 e. The van der Waals surface area contributed by atoms with Gasteiger partial charge in [0.15, 0.2) is 0 Å².